The molecule has 5 heteroatoms. The third-order valence-corrected chi connectivity index (χ3v) is 2.48. The lowest BCUT2D eigenvalue weighted by Crippen LogP contribution is -2.48. The first kappa shape index (κ1) is 10.0. The molecule has 0 unspecified atom stereocenters. The fourth-order valence-corrected chi connectivity index (χ4v) is 1.50. The highest BCUT2D eigenvalue weighted by molar-refractivity contribution is 5.87. The Labute approximate surface area is 88.6 Å². The van der Waals surface area contributed by atoms with Crippen molar-refractivity contribution in [3.8, 4) is 0 Å². The predicted molar refractivity (Wildman–Crippen MR) is 55.6 cm³/mol. The molecule has 1 aliphatic rings. The molecule has 1 saturated heterocycles. The van der Waals surface area contributed by atoms with Gasteiger partial charge in [0.1, 0.15) is 0 Å². The molecule has 1 N–H and O–H groups in total. The number of hydrogen-bond acceptors (Lipinski definition) is 3. The van der Waals surface area contributed by atoms with Crippen molar-refractivity contribution >= 4 is 11.9 Å². The fourth-order valence-electron chi connectivity index (χ4n) is 1.50. The van der Waals surface area contributed by atoms with E-state index < -0.39 is 0 Å². The second-order valence-electron chi connectivity index (χ2n) is 3.61. The maximum Gasteiger partial charge on any atom is 0.324 e. The number of furan rings is 1. The summed E-state index contributed by atoms with van der Waals surface area (Å²) in [6.07, 6.45) is 1.49. The van der Waals surface area contributed by atoms with Crippen LogP contribution in [0.3, 0.4) is 0 Å². The van der Waals surface area contributed by atoms with Crippen LogP contribution in [0.5, 0.6) is 0 Å². The second-order valence-corrected chi connectivity index (χ2v) is 3.61. The van der Waals surface area contributed by atoms with Crippen molar-refractivity contribution < 1.29 is 9.21 Å². The van der Waals surface area contributed by atoms with Crippen molar-refractivity contribution in [3.05, 3.63) is 18.4 Å². The lowest BCUT2D eigenvalue weighted by molar-refractivity contribution is 0.164. The molecule has 81 valence electrons. The van der Waals surface area contributed by atoms with E-state index in [-0.39, 0.29) is 6.03 Å². The lowest BCUT2D eigenvalue weighted by atomic mass is 10.3. The number of amides is 2. The van der Waals surface area contributed by atoms with E-state index in [9.17, 15) is 4.79 Å². The van der Waals surface area contributed by atoms with Gasteiger partial charge in [-0.3, -0.25) is 5.32 Å². The third kappa shape index (κ3) is 2.50. The van der Waals surface area contributed by atoms with Crippen molar-refractivity contribution in [2.24, 2.45) is 0 Å². The quantitative estimate of drug-likeness (QED) is 0.744. The van der Waals surface area contributed by atoms with Crippen molar-refractivity contribution in [1.82, 2.24) is 9.80 Å². The lowest BCUT2D eigenvalue weighted by Gasteiger charge is -2.32. The van der Waals surface area contributed by atoms with Crippen molar-refractivity contribution in [2.75, 3.05) is 38.5 Å². The SMILES string of the molecule is CN1CCN(C(=O)Nc2[c]cco2)CC1. The van der Waals surface area contributed by atoms with E-state index >= 15 is 0 Å². The summed E-state index contributed by atoms with van der Waals surface area (Å²) >= 11 is 0. The normalized spacial score (nSPS) is 17.8. The zero-order valence-electron chi connectivity index (χ0n) is 8.69. The summed E-state index contributed by atoms with van der Waals surface area (Å²) in [6, 6.07) is 4.29. The molecule has 1 aromatic rings. The number of hydrogen-bond donors (Lipinski definition) is 1. The molecule has 1 fully saturated rings. The number of nitrogens with zero attached hydrogens (tertiary/aromatic N) is 2. The number of carbonyl (C=O) groups excluding carboxylic acids is 1. The van der Waals surface area contributed by atoms with E-state index in [0.717, 1.165) is 26.2 Å². The van der Waals surface area contributed by atoms with Gasteiger partial charge in [-0.1, -0.05) is 0 Å². The minimum absolute atomic E-state index is 0.116. The summed E-state index contributed by atoms with van der Waals surface area (Å²) < 4.78 is 4.99. The maximum atomic E-state index is 11.7. The van der Waals surface area contributed by atoms with Gasteiger partial charge in [0.25, 0.3) is 0 Å². The Morgan fingerprint density at radius 1 is 1.47 bits per heavy atom. The number of rotatable bonds is 1. The third-order valence-electron chi connectivity index (χ3n) is 2.48. The van der Waals surface area contributed by atoms with E-state index in [0.29, 0.717) is 5.88 Å². The smallest absolute Gasteiger partial charge is 0.324 e. The van der Waals surface area contributed by atoms with Crippen molar-refractivity contribution in [2.45, 2.75) is 0 Å². The molecule has 1 aliphatic heterocycles. The van der Waals surface area contributed by atoms with Gasteiger partial charge in [0.2, 0.25) is 5.88 Å². The number of anilines is 1. The van der Waals surface area contributed by atoms with Gasteiger partial charge >= 0.3 is 6.03 Å². The van der Waals surface area contributed by atoms with Gasteiger partial charge in [-0.05, 0) is 13.1 Å². The molecular formula is C10H14N3O2. The largest absolute Gasteiger partial charge is 0.448 e. The molecule has 2 rings (SSSR count). The standard InChI is InChI=1S/C10H14N3O2/c1-12-4-6-13(7-5-12)10(14)11-9-3-2-8-15-9/h2,8H,4-7H2,1H3,(H,11,14). The average Bonchev–Trinajstić information content (AvgIpc) is 2.71. The zero-order valence-corrected chi connectivity index (χ0v) is 8.69. The highest BCUT2D eigenvalue weighted by atomic mass is 16.3. The van der Waals surface area contributed by atoms with E-state index in [1.807, 2.05) is 0 Å². The number of likely N-dealkylation sites (N-methyl/N-ethyl adjacent to an activating group) is 1. The van der Waals surface area contributed by atoms with Crippen molar-refractivity contribution in [3.63, 3.8) is 0 Å². The Bertz CT molecular complexity index is 315. The Balaban J connectivity index is 1.86. The minimum Gasteiger partial charge on any atom is -0.448 e. The van der Waals surface area contributed by atoms with Gasteiger partial charge in [-0.15, -0.1) is 0 Å². The predicted octanol–water partition coefficient (Wildman–Crippen LogP) is 0.859. The number of carbonyl (C=O) groups is 1. The first-order valence-corrected chi connectivity index (χ1v) is 4.95. The van der Waals surface area contributed by atoms with Gasteiger partial charge in [0, 0.05) is 26.2 Å². The second kappa shape index (κ2) is 4.35. The monoisotopic (exact) mass is 208 g/mol. The highest BCUT2D eigenvalue weighted by Gasteiger charge is 2.19. The molecule has 15 heavy (non-hydrogen) atoms. The Morgan fingerprint density at radius 3 is 2.80 bits per heavy atom. The van der Waals surface area contributed by atoms with Crippen LogP contribution in [0.4, 0.5) is 10.7 Å². The van der Waals surface area contributed by atoms with E-state index in [2.05, 4.69) is 23.3 Å². The van der Waals surface area contributed by atoms with Gasteiger partial charge < -0.3 is 14.2 Å². The van der Waals surface area contributed by atoms with Gasteiger partial charge in [-0.25, -0.2) is 4.79 Å². The first-order valence-electron chi connectivity index (χ1n) is 4.95. The molecular weight excluding hydrogens is 194 g/mol. The summed E-state index contributed by atoms with van der Waals surface area (Å²) in [6.45, 7) is 3.33. The van der Waals surface area contributed by atoms with Gasteiger partial charge in [0.05, 0.1) is 12.3 Å². The molecule has 2 amide bonds. The van der Waals surface area contributed by atoms with E-state index in [1.54, 1.807) is 11.0 Å². The van der Waals surface area contributed by atoms with Crippen molar-refractivity contribution in [1.29, 1.82) is 0 Å². The molecule has 2 heterocycles. The summed E-state index contributed by atoms with van der Waals surface area (Å²) in [5.41, 5.74) is 0. The molecule has 1 radical (unpaired) electrons. The molecule has 5 nitrogen and oxygen atoms in total. The maximum absolute atomic E-state index is 11.7. The molecule has 0 aliphatic carbocycles. The average molecular weight is 208 g/mol. The fraction of sp³-hybridized carbons (Fsp3) is 0.500. The Morgan fingerprint density at radius 2 is 2.20 bits per heavy atom. The molecule has 0 saturated carbocycles. The van der Waals surface area contributed by atoms with E-state index in [4.69, 9.17) is 4.42 Å². The van der Waals surface area contributed by atoms with Crippen LogP contribution in [-0.4, -0.2) is 49.1 Å². The summed E-state index contributed by atoms with van der Waals surface area (Å²) in [7, 11) is 2.05. The molecule has 0 aromatic carbocycles. The van der Waals surface area contributed by atoms with Crippen LogP contribution in [0.2, 0.25) is 0 Å². The minimum atomic E-state index is -0.116. The molecule has 0 spiro atoms. The topological polar surface area (TPSA) is 48.7 Å². The van der Waals surface area contributed by atoms with Crippen LogP contribution in [0, 0.1) is 6.07 Å². The van der Waals surface area contributed by atoms with Gasteiger partial charge in [-0.2, -0.15) is 0 Å². The number of piperazine rings is 1. The van der Waals surface area contributed by atoms with Crippen LogP contribution >= 0.6 is 0 Å². The van der Waals surface area contributed by atoms with E-state index in [1.165, 1.54) is 6.26 Å². The highest BCUT2D eigenvalue weighted by Crippen LogP contribution is 2.08. The molecule has 0 atom stereocenters. The Kier molecular flexibility index (Phi) is 2.91. The summed E-state index contributed by atoms with van der Waals surface area (Å²) in [5, 5.41) is 2.65. The first-order chi connectivity index (χ1) is 7.25. The van der Waals surface area contributed by atoms with Crippen LogP contribution in [-0.2, 0) is 0 Å². The summed E-state index contributed by atoms with van der Waals surface area (Å²) in [5.74, 6) is 0.374. The number of urea groups is 1. The zero-order chi connectivity index (χ0) is 10.7. The van der Waals surface area contributed by atoms with Gasteiger partial charge in [0.15, 0.2) is 0 Å². The molecule has 0 bridgehead atoms. The van der Waals surface area contributed by atoms with Crippen LogP contribution in [0.25, 0.3) is 0 Å². The Hall–Kier alpha value is -1.49. The summed E-state index contributed by atoms with van der Waals surface area (Å²) in [4.78, 5) is 15.7. The number of nitrogens with one attached hydrogen (secondary N) is 1. The molecule has 1 aromatic heterocycles. The van der Waals surface area contributed by atoms with Crippen LogP contribution in [0.15, 0.2) is 16.7 Å². The van der Waals surface area contributed by atoms with Crippen LogP contribution in [0.1, 0.15) is 0 Å². The van der Waals surface area contributed by atoms with Crippen LogP contribution < -0.4 is 5.32 Å².